The average molecular weight is 430 g/mol. The summed E-state index contributed by atoms with van der Waals surface area (Å²) in [4.78, 5) is 14.3. The number of amides is 1. The van der Waals surface area contributed by atoms with Gasteiger partial charge >= 0.3 is 0 Å². The molecule has 2 aromatic carbocycles. The molecule has 154 valence electrons. The lowest BCUT2D eigenvalue weighted by Crippen LogP contribution is -2.08. The summed E-state index contributed by atoms with van der Waals surface area (Å²) >= 11 is 6.38. The van der Waals surface area contributed by atoms with E-state index in [4.69, 9.17) is 20.9 Å². The molecular weight excluding hydrogens is 413 g/mol. The number of methoxy groups -OCH3 is 1. The summed E-state index contributed by atoms with van der Waals surface area (Å²) < 4.78 is 24.8. The number of hydrogen-bond donors (Lipinski definition) is 2. The third-order valence-corrected chi connectivity index (χ3v) is 5.09. The van der Waals surface area contributed by atoms with Crippen LogP contribution in [-0.2, 0) is 4.79 Å². The Bertz CT molecular complexity index is 1200. The summed E-state index contributed by atoms with van der Waals surface area (Å²) in [6, 6.07) is 9.21. The zero-order chi connectivity index (χ0) is 21.6. The van der Waals surface area contributed by atoms with Crippen molar-refractivity contribution in [2.24, 2.45) is 0 Å². The molecule has 1 aromatic heterocycles. The van der Waals surface area contributed by atoms with Gasteiger partial charge in [-0.05, 0) is 35.5 Å². The van der Waals surface area contributed by atoms with Crippen molar-refractivity contribution in [1.82, 2.24) is 5.16 Å². The van der Waals surface area contributed by atoms with E-state index in [-0.39, 0.29) is 27.8 Å². The van der Waals surface area contributed by atoms with Gasteiger partial charge in [-0.3, -0.25) is 4.79 Å². The maximum absolute atomic E-state index is 14.8. The first-order chi connectivity index (χ1) is 14.3. The molecule has 0 aliphatic carbocycles. The molecule has 7 nitrogen and oxygen atoms in total. The van der Waals surface area contributed by atoms with Gasteiger partial charge in [-0.2, -0.15) is 0 Å². The van der Waals surface area contributed by atoms with Crippen LogP contribution in [0, 0.1) is 5.82 Å². The smallest absolute Gasteiger partial charge is 0.260 e. The zero-order valence-corrected chi connectivity index (χ0v) is 17.0. The van der Waals surface area contributed by atoms with Crippen LogP contribution >= 0.6 is 11.6 Å². The number of rotatable bonds is 4. The number of ether oxygens (including phenoxy) is 1. The molecule has 2 N–H and O–H groups in total. The zero-order valence-electron chi connectivity index (χ0n) is 16.3. The number of nitrogens with zero attached hydrogens (tertiary/aromatic N) is 2. The van der Waals surface area contributed by atoms with Crippen molar-refractivity contribution in [3.63, 3.8) is 0 Å². The maximum atomic E-state index is 14.8. The van der Waals surface area contributed by atoms with Crippen LogP contribution in [0.4, 0.5) is 15.8 Å². The van der Waals surface area contributed by atoms with Crippen LogP contribution in [0.5, 0.6) is 5.88 Å². The van der Waals surface area contributed by atoms with Crippen molar-refractivity contribution in [2.45, 2.75) is 0 Å². The summed E-state index contributed by atoms with van der Waals surface area (Å²) in [5, 5.41) is 17.2. The molecule has 0 fully saturated rings. The maximum Gasteiger partial charge on any atom is 0.260 e. The highest BCUT2D eigenvalue weighted by molar-refractivity contribution is 6.38. The van der Waals surface area contributed by atoms with E-state index in [1.165, 1.54) is 25.3 Å². The van der Waals surface area contributed by atoms with E-state index in [2.05, 4.69) is 10.5 Å². The molecule has 1 amide bonds. The predicted molar refractivity (Wildman–Crippen MR) is 112 cm³/mol. The molecule has 0 bridgehead atoms. The molecule has 4 rings (SSSR count). The molecule has 3 aromatic rings. The fraction of sp³-hybridized carbons (Fsp3) is 0.143. The second kappa shape index (κ2) is 7.38. The Labute approximate surface area is 176 Å². The van der Waals surface area contributed by atoms with Gasteiger partial charge in [0.25, 0.3) is 11.8 Å². The predicted octanol–water partition coefficient (Wildman–Crippen LogP) is 4.59. The average Bonchev–Trinajstić information content (AvgIpc) is 3.30. The lowest BCUT2D eigenvalue weighted by molar-refractivity contribution is -0.110. The van der Waals surface area contributed by atoms with E-state index < -0.39 is 17.5 Å². The fourth-order valence-corrected chi connectivity index (χ4v) is 3.49. The van der Waals surface area contributed by atoms with Gasteiger partial charge in [-0.15, -0.1) is 0 Å². The number of carbonyl (C=O) groups excluding carboxylic acids is 1. The molecule has 0 radical (unpaired) electrons. The highest BCUT2D eigenvalue weighted by Crippen LogP contribution is 2.43. The van der Waals surface area contributed by atoms with Gasteiger partial charge in [0.15, 0.2) is 5.76 Å². The summed E-state index contributed by atoms with van der Waals surface area (Å²) in [6.07, 6.45) is 0. The molecular formula is C21H17ClFN3O4. The minimum Gasteiger partial charge on any atom is -0.504 e. The van der Waals surface area contributed by atoms with Crippen molar-refractivity contribution < 1.29 is 23.6 Å². The molecule has 0 saturated heterocycles. The molecule has 2 heterocycles. The molecule has 0 atom stereocenters. The number of benzene rings is 2. The largest absolute Gasteiger partial charge is 0.504 e. The second-order valence-electron chi connectivity index (χ2n) is 6.85. The SMILES string of the molecule is COc1cc(/C(O)=C2\C(=O)Nc3cc(Cl)c(-c4ccc(N(C)C)cc4F)cc32)on1. The Balaban J connectivity index is 1.86. The van der Waals surface area contributed by atoms with Gasteiger partial charge in [0.2, 0.25) is 5.76 Å². The van der Waals surface area contributed by atoms with Gasteiger partial charge in [0.05, 0.1) is 29.5 Å². The molecule has 0 saturated carbocycles. The lowest BCUT2D eigenvalue weighted by Gasteiger charge is -2.15. The Morgan fingerprint density at radius 3 is 2.60 bits per heavy atom. The molecule has 1 aliphatic heterocycles. The van der Waals surface area contributed by atoms with Gasteiger partial charge in [-0.1, -0.05) is 11.6 Å². The normalized spacial score (nSPS) is 14.4. The second-order valence-corrected chi connectivity index (χ2v) is 7.25. The van der Waals surface area contributed by atoms with Crippen molar-refractivity contribution in [1.29, 1.82) is 0 Å². The Hall–Kier alpha value is -3.52. The number of anilines is 2. The number of nitrogens with one attached hydrogen (secondary N) is 1. The number of aromatic nitrogens is 1. The van der Waals surface area contributed by atoms with E-state index in [0.717, 1.165) is 0 Å². The number of aliphatic hydroxyl groups is 1. The third-order valence-electron chi connectivity index (χ3n) is 4.78. The van der Waals surface area contributed by atoms with E-state index in [1.54, 1.807) is 23.1 Å². The van der Waals surface area contributed by atoms with E-state index in [0.29, 0.717) is 22.5 Å². The highest BCUT2D eigenvalue weighted by atomic mass is 35.5. The number of halogens is 2. The van der Waals surface area contributed by atoms with Crippen molar-refractivity contribution in [2.75, 3.05) is 31.4 Å². The van der Waals surface area contributed by atoms with Crippen LogP contribution in [0.3, 0.4) is 0 Å². The van der Waals surface area contributed by atoms with Gasteiger partial charge in [0, 0.05) is 36.5 Å². The van der Waals surface area contributed by atoms with Crippen LogP contribution in [0.2, 0.25) is 5.02 Å². The van der Waals surface area contributed by atoms with Crippen molar-refractivity contribution in [3.05, 3.63) is 58.6 Å². The van der Waals surface area contributed by atoms with E-state index >= 15 is 0 Å². The van der Waals surface area contributed by atoms with Gasteiger partial charge in [0.1, 0.15) is 5.82 Å². The standard InChI is InChI=1S/C21H17ClFN3O4/c1-26(2)10-4-5-11(15(23)6-10)12-7-13-16(8-14(12)22)24-21(28)19(13)20(27)17-9-18(29-3)25-30-17/h4-9,27H,1-3H3,(H,24,28)/b20-19+. The summed E-state index contributed by atoms with van der Waals surface area (Å²) in [6.45, 7) is 0. The number of carbonyl (C=O) groups is 1. The van der Waals surface area contributed by atoms with E-state index in [1.807, 2.05) is 14.1 Å². The minimum absolute atomic E-state index is 0.0351. The van der Waals surface area contributed by atoms with Crippen LogP contribution in [0.15, 0.2) is 40.9 Å². The van der Waals surface area contributed by atoms with Gasteiger partial charge < -0.3 is 24.6 Å². The number of fused-ring (bicyclic) bond motifs is 1. The number of aliphatic hydroxyl groups excluding tert-OH is 1. The first-order valence-corrected chi connectivity index (χ1v) is 9.24. The lowest BCUT2D eigenvalue weighted by atomic mass is 9.97. The minimum atomic E-state index is -0.547. The highest BCUT2D eigenvalue weighted by Gasteiger charge is 2.31. The summed E-state index contributed by atoms with van der Waals surface area (Å²) in [7, 11) is 5.02. The van der Waals surface area contributed by atoms with Crippen molar-refractivity contribution in [3.8, 4) is 17.0 Å². The molecule has 0 unspecified atom stereocenters. The van der Waals surface area contributed by atoms with Crippen LogP contribution in [0.1, 0.15) is 11.3 Å². The molecule has 9 heteroatoms. The summed E-state index contributed by atoms with van der Waals surface area (Å²) in [5.41, 5.74) is 2.08. The molecule has 0 spiro atoms. The number of hydrogen-bond acceptors (Lipinski definition) is 6. The third kappa shape index (κ3) is 3.25. The van der Waals surface area contributed by atoms with Crippen LogP contribution < -0.4 is 15.0 Å². The quantitative estimate of drug-likeness (QED) is 0.466. The van der Waals surface area contributed by atoms with E-state index in [9.17, 15) is 14.3 Å². The first-order valence-electron chi connectivity index (χ1n) is 8.87. The summed E-state index contributed by atoms with van der Waals surface area (Å²) in [5.74, 6) is -1.32. The fourth-order valence-electron chi connectivity index (χ4n) is 3.22. The Morgan fingerprint density at radius 1 is 1.20 bits per heavy atom. The Morgan fingerprint density at radius 2 is 1.97 bits per heavy atom. The monoisotopic (exact) mass is 429 g/mol. The topological polar surface area (TPSA) is 87.8 Å². The first kappa shape index (κ1) is 19.8. The molecule has 30 heavy (non-hydrogen) atoms. The van der Waals surface area contributed by atoms with Crippen molar-refractivity contribution >= 4 is 40.2 Å². The van der Waals surface area contributed by atoms with Crippen LogP contribution in [0.25, 0.3) is 22.5 Å². The van der Waals surface area contributed by atoms with Gasteiger partial charge in [-0.25, -0.2) is 4.39 Å². The van der Waals surface area contributed by atoms with Crippen LogP contribution in [-0.4, -0.2) is 37.4 Å². The Kier molecular flexibility index (Phi) is 4.87. The molecule has 1 aliphatic rings.